The zero-order valence-corrected chi connectivity index (χ0v) is 25.9. The summed E-state index contributed by atoms with van der Waals surface area (Å²) in [5.74, 6) is -0.289. The molecule has 40 heavy (non-hydrogen) atoms. The minimum absolute atomic E-state index is 0.00484. The monoisotopic (exact) mass is 629 g/mol. The summed E-state index contributed by atoms with van der Waals surface area (Å²) in [6.07, 6.45) is 0.367. The molecule has 1 atom stereocenters. The molecule has 2 amide bonds. The van der Waals surface area contributed by atoms with Gasteiger partial charge in [0.2, 0.25) is 11.8 Å². The molecular weight excluding hydrogens is 594 g/mol. The number of anilines is 1. The van der Waals surface area contributed by atoms with Gasteiger partial charge in [0.1, 0.15) is 18.3 Å². The number of carbonyl (C=O) groups is 2. The lowest BCUT2D eigenvalue weighted by molar-refractivity contribution is -0.140. The summed E-state index contributed by atoms with van der Waals surface area (Å²) in [4.78, 5) is 28.6. The average molecular weight is 631 g/mol. The molecular formula is C30H36BrN3O5S. The molecule has 0 saturated carbocycles. The largest absolute Gasteiger partial charge is 0.496 e. The van der Waals surface area contributed by atoms with Crippen LogP contribution in [0.3, 0.4) is 0 Å². The Hall–Kier alpha value is -3.37. The topological polar surface area (TPSA) is 96.0 Å². The van der Waals surface area contributed by atoms with Gasteiger partial charge in [-0.05, 0) is 84.6 Å². The van der Waals surface area contributed by atoms with Crippen molar-refractivity contribution in [2.45, 2.75) is 51.6 Å². The summed E-state index contributed by atoms with van der Waals surface area (Å²) in [6.45, 7) is 7.58. The van der Waals surface area contributed by atoms with Crippen LogP contribution in [0.2, 0.25) is 0 Å². The highest BCUT2D eigenvalue weighted by Crippen LogP contribution is 2.31. The molecule has 0 aliphatic heterocycles. The number of hydrogen-bond acceptors (Lipinski definition) is 5. The van der Waals surface area contributed by atoms with Gasteiger partial charge in [-0.25, -0.2) is 8.42 Å². The smallest absolute Gasteiger partial charge is 0.264 e. The van der Waals surface area contributed by atoms with Gasteiger partial charge < -0.3 is 15.0 Å². The van der Waals surface area contributed by atoms with E-state index in [9.17, 15) is 18.0 Å². The van der Waals surface area contributed by atoms with E-state index in [0.717, 1.165) is 21.0 Å². The molecule has 0 heterocycles. The maximum atomic E-state index is 14.1. The first-order chi connectivity index (χ1) is 19.0. The van der Waals surface area contributed by atoms with Gasteiger partial charge in [0.25, 0.3) is 10.0 Å². The van der Waals surface area contributed by atoms with Crippen molar-refractivity contribution in [3.05, 3.63) is 87.9 Å². The number of carbonyl (C=O) groups excluding carboxylic acids is 2. The van der Waals surface area contributed by atoms with Crippen LogP contribution in [0.5, 0.6) is 5.75 Å². The zero-order valence-electron chi connectivity index (χ0n) is 23.5. The number of rotatable bonds is 12. The van der Waals surface area contributed by atoms with Crippen molar-refractivity contribution >= 4 is 43.5 Å². The lowest BCUT2D eigenvalue weighted by Gasteiger charge is -2.33. The van der Waals surface area contributed by atoms with Crippen LogP contribution in [0.15, 0.2) is 76.1 Å². The van der Waals surface area contributed by atoms with Crippen LogP contribution in [0.4, 0.5) is 5.69 Å². The highest BCUT2D eigenvalue weighted by atomic mass is 79.9. The fraction of sp³-hybridized carbons (Fsp3) is 0.333. The number of ether oxygens (including phenoxy) is 1. The van der Waals surface area contributed by atoms with Crippen molar-refractivity contribution in [2.24, 2.45) is 0 Å². The molecule has 1 unspecified atom stereocenters. The minimum atomic E-state index is -4.19. The molecule has 0 saturated heterocycles. The Morgan fingerprint density at radius 3 is 2.25 bits per heavy atom. The summed E-state index contributed by atoms with van der Waals surface area (Å²) in [7, 11) is -2.69. The zero-order chi connectivity index (χ0) is 29.4. The maximum absolute atomic E-state index is 14.1. The Bertz CT molecular complexity index is 1440. The van der Waals surface area contributed by atoms with Gasteiger partial charge in [0.05, 0.1) is 22.2 Å². The Kier molecular flexibility index (Phi) is 10.8. The van der Waals surface area contributed by atoms with Crippen molar-refractivity contribution in [1.29, 1.82) is 0 Å². The van der Waals surface area contributed by atoms with Gasteiger partial charge >= 0.3 is 0 Å². The molecule has 3 aromatic carbocycles. The number of aryl methyl sites for hydroxylation is 2. The van der Waals surface area contributed by atoms with Crippen LogP contribution in [0, 0.1) is 13.8 Å². The summed E-state index contributed by atoms with van der Waals surface area (Å²) in [5.41, 5.74) is 3.13. The van der Waals surface area contributed by atoms with E-state index in [4.69, 9.17) is 4.74 Å². The van der Waals surface area contributed by atoms with E-state index in [0.29, 0.717) is 28.9 Å². The normalized spacial score (nSPS) is 11.9. The van der Waals surface area contributed by atoms with E-state index < -0.39 is 28.5 Å². The summed E-state index contributed by atoms with van der Waals surface area (Å²) >= 11 is 3.36. The number of likely N-dealkylation sites (N-methyl/N-ethyl adjacent to an activating group) is 1. The number of nitrogens with one attached hydrogen (secondary N) is 1. The summed E-state index contributed by atoms with van der Waals surface area (Å²) in [6, 6.07) is 18.2. The van der Waals surface area contributed by atoms with E-state index >= 15 is 0 Å². The number of amides is 2. The number of halogens is 1. The number of hydrogen-bond donors (Lipinski definition) is 1. The molecule has 214 valence electrons. The highest BCUT2D eigenvalue weighted by Gasteiger charge is 2.34. The Labute approximate surface area is 245 Å². The molecule has 0 aromatic heterocycles. The predicted molar refractivity (Wildman–Crippen MR) is 161 cm³/mol. The molecule has 0 radical (unpaired) electrons. The van der Waals surface area contributed by atoms with Crippen LogP contribution in [0.25, 0.3) is 0 Å². The van der Waals surface area contributed by atoms with Crippen molar-refractivity contribution in [1.82, 2.24) is 10.2 Å². The van der Waals surface area contributed by atoms with Crippen LogP contribution in [0.1, 0.15) is 37.0 Å². The Balaban J connectivity index is 2.09. The summed E-state index contributed by atoms with van der Waals surface area (Å²) < 4.78 is 34.9. The first-order valence-corrected chi connectivity index (χ1v) is 15.3. The van der Waals surface area contributed by atoms with Gasteiger partial charge in [-0.3, -0.25) is 13.9 Å². The predicted octanol–water partition coefficient (Wildman–Crippen LogP) is 5.21. The second-order valence-corrected chi connectivity index (χ2v) is 12.1. The second-order valence-electron chi connectivity index (χ2n) is 9.41. The minimum Gasteiger partial charge on any atom is -0.496 e. The van der Waals surface area contributed by atoms with Crippen LogP contribution in [-0.2, 0) is 26.2 Å². The van der Waals surface area contributed by atoms with Crippen molar-refractivity contribution < 1.29 is 22.7 Å². The number of nitrogens with zero attached hydrogens (tertiary/aromatic N) is 2. The van der Waals surface area contributed by atoms with Gasteiger partial charge in [0, 0.05) is 13.1 Å². The molecule has 8 nitrogen and oxygen atoms in total. The van der Waals surface area contributed by atoms with Gasteiger partial charge in [-0.1, -0.05) is 48.9 Å². The third-order valence-electron chi connectivity index (χ3n) is 6.65. The van der Waals surface area contributed by atoms with Gasteiger partial charge in [-0.15, -0.1) is 0 Å². The molecule has 10 heteroatoms. The maximum Gasteiger partial charge on any atom is 0.264 e. The number of sulfonamides is 1. The first-order valence-electron chi connectivity index (χ1n) is 13.1. The fourth-order valence-corrected chi connectivity index (χ4v) is 6.49. The molecule has 0 aliphatic rings. The molecule has 0 spiro atoms. The highest BCUT2D eigenvalue weighted by molar-refractivity contribution is 9.10. The quantitative estimate of drug-likeness (QED) is 0.297. The van der Waals surface area contributed by atoms with Crippen LogP contribution < -0.4 is 14.4 Å². The first kappa shape index (κ1) is 31.2. The molecule has 3 rings (SSSR count). The summed E-state index contributed by atoms with van der Waals surface area (Å²) in [5, 5.41) is 2.81. The SMILES string of the molecule is CCNC(=O)C(CC)N(Cc1ccccc1C)C(=O)CN(c1ccc(C)cc1)S(=O)(=O)c1ccc(OC)c(Br)c1. The Morgan fingerprint density at radius 2 is 1.68 bits per heavy atom. The number of benzene rings is 3. The van der Waals surface area contributed by atoms with E-state index in [1.54, 1.807) is 30.3 Å². The fourth-order valence-electron chi connectivity index (χ4n) is 4.36. The van der Waals surface area contributed by atoms with E-state index in [1.807, 2.05) is 52.0 Å². The molecule has 3 aromatic rings. The third kappa shape index (κ3) is 7.22. The lowest BCUT2D eigenvalue weighted by atomic mass is 10.1. The van der Waals surface area contributed by atoms with Crippen molar-refractivity contribution in [2.75, 3.05) is 24.5 Å². The van der Waals surface area contributed by atoms with E-state index in [1.165, 1.54) is 24.1 Å². The molecule has 0 bridgehead atoms. The van der Waals surface area contributed by atoms with Gasteiger partial charge in [0.15, 0.2) is 0 Å². The number of methoxy groups -OCH3 is 1. The van der Waals surface area contributed by atoms with E-state index in [-0.39, 0.29) is 17.3 Å². The van der Waals surface area contributed by atoms with E-state index in [2.05, 4.69) is 21.2 Å². The molecule has 0 fully saturated rings. The second kappa shape index (κ2) is 13.8. The lowest BCUT2D eigenvalue weighted by Crippen LogP contribution is -2.52. The molecule has 0 aliphatic carbocycles. The third-order valence-corrected chi connectivity index (χ3v) is 9.04. The van der Waals surface area contributed by atoms with Crippen LogP contribution >= 0.6 is 15.9 Å². The standard InChI is InChI=1S/C30H36BrN3O5S/c1-6-27(30(36)32-7-2)33(19-23-11-9-8-10-22(23)4)29(35)20-34(24-14-12-21(3)13-15-24)40(37,38)25-16-17-28(39-5)26(31)18-25/h8-18,27H,6-7,19-20H2,1-5H3,(H,32,36). The molecule has 1 N–H and O–H groups in total. The van der Waals surface area contributed by atoms with Crippen molar-refractivity contribution in [3.8, 4) is 5.75 Å². The van der Waals surface area contributed by atoms with Crippen molar-refractivity contribution in [3.63, 3.8) is 0 Å². The Morgan fingerprint density at radius 1 is 1.00 bits per heavy atom. The van der Waals surface area contributed by atoms with Crippen LogP contribution in [-0.4, -0.2) is 51.4 Å². The van der Waals surface area contributed by atoms with Gasteiger partial charge in [-0.2, -0.15) is 0 Å². The average Bonchev–Trinajstić information content (AvgIpc) is 2.93.